The summed E-state index contributed by atoms with van der Waals surface area (Å²) >= 11 is 25.0. The van der Waals surface area contributed by atoms with Crippen LogP contribution in [0.1, 0.15) is 94.8 Å². The van der Waals surface area contributed by atoms with Crippen molar-refractivity contribution in [2.45, 2.75) is 72.4 Å². The van der Waals surface area contributed by atoms with Gasteiger partial charge >= 0.3 is 0 Å². The first-order valence-corrected chi connectivity index (χ1v) is 25.8. The van der Waals surface area contributed by atoms with Crippen LogP contribution in [-0.2, 0) is 0 Å². The van der Waals surface area contributed by atoms with Gasteiger partial charge in [-0.1, -0.05) is 72.4 Å². The fourth-order valence-electron chi connectivity index (χ4n) is 10.0. The maximum Gasteiger partial charge on any atom is 0.227 e. The first-order chi connectivity index (χ1) is 33.3. The molecule has 15 nitrogen and oxygen atoms in total. The van der Waals surface area contributed by atoms with Gasteiger partial charge in [0.05, 0.1) is 37.1 Å². The lowest BCUT2D eigenvalue weighted by atomic mass is 9.80. The number of halogens is 4. The van der Waals surface area contributed by atoms with E-state index in [0.717, 1.165) is 82.4 Å². The van der Waals surface area contributed by atoms with Crippen molar-refractivity contribution in [3.63, 3.8) is 0 Å². The highest BCUT2D eigenvalue weighted by atomic mass is 35.5. The Hall–Kier alpha value is -4.37. The van der Waals surface area contributed by atoms with Gasteiger partial charge in [0.1, 0.15) is 23.2 Å². The predicted octanol–water partition coefficient (Wildman–Crippen LogP) is 9.27. The van der Waals surface area contributed by atoms with Gasteiger partial charge in [-0.2, -0.15) is 15.3 Å². The molecule has 2 aromatic carbocycles. The lowest BCUT2D eigenvalue weighted by Crippen LogP contribution is -2.54. The van der Waals surface area contributed by atoms with Gasteiger partial charge in [-0.05, 0) is 119 Å². The molecule has 4 aliphatic heterocycles. The van der Waals surface area contributed by atoms with E-state index in [4.69, 9.17) is 61.8 Å². The molecule has 0 radical (unpaired) electrons. The fourth-order valence-corrected chi connectivity index (χ4v) is 11.2. The van der Waals surface area contributed by atoms with Gasteiger partial charge in [-0.3, -0.25) is 0 Å². The van der Waals surface area contributed by atoms with Crippen LogP contribution in [0.5, 0.6) is 0 Å². The summed E-state index contributed by atoms with van der Waals surface area (Å²) in [5.41, 5.74) is 4.17. The molecule has 0 bridgehead atoms. The number of anilines is 3. The molecule has 4 unspecified atom stereocenters. The van der Waals surface area contributed by atoms with Crippen molar-refractivity contribution in [3.05, 3.63) is 91.3 Å². The molecular weight excluding hydrogens is 956 g/mol. The zero-order chi connectivity index (χ0) is 49.4. The number of fused-ring (bicyclic) bond motifs is 1. The number of benzene rings is 2. The number of nitrogens with one attached hydrogen (secondary N) is 2. The highest BCUT2D eigenvalue weighted by molar-refractivity contribution is 6.35. The molecule has 0 saturated carbocycles. The third-order valence-corrected chi connectivity index (χ3v) is 15.0. The molecule has 3 aromatic heterocycles. The maximum absolute atomic E-state index is 9.60. The molecule has 19 heteroatoms. The molecule has 4 saturated heterocycles. The first kappa shape index (κ1) is 52.5. The number of hydrogen-bond acceptors (Lipinski definition) is 14. The molecular formula is C50H65Cl4N13O2. The lowest BCUT2D eigenvalue weighted by molar-refractivity contribution is 0.101. The number of aliphatic hydroxyl groups excluding tert-OH is 2. The average molecular weight is 1020 g/mol. The SMILES string of the molecule is CC.CC(=N)c1cnc(N2CC(C3CCCN(CCO)C3)C2)nc1NC(C)c1ccc(Cl)cc1Cl.CC(c1ccc(Cl)cc1Cl)n1nc(C#N)c2ncc(N3CC(C4CCCN(CCO)C4)C3)nc21. The number of hydrogen-bond donors (Lipinski definition) is 4. The summed E-state index contributed by atoms with van der Waals surface area (Å²) < 4.78 is 1.73. The van der Waals surface area contributed by atoms with Crippen LogP contribution in [0.25, 0.3) is 11.2 Å². The fraction of sp³-hybridized carbons (Fsp3) is 0.540. The molecule has 9 rings (SSSR count). The highest BCUT2D eigenvalue weighted by Gasteiger charge is 2.38. The summed E-state index contributed by atoms with van der Waals surface area (Å²) in [4.78, 5) is 28.0. The van der Waals surface area contributed by atoms with E-state index in [1.807, 2.05) is 45.9 Å². The molecule has 370 valence electrons. The Kier molecular flexibility index (Phi) is 18.4. The quantitative estimate of drug-likeness (QED) is 0.0774. The van der Waals surface area contributed by atoms with Gasteiger partial charge < -0.3 is 40.5 Å². The van der Waals surface area contributed by atoms with Crippen LogP contribution < -0.4 is 15.1 Å². The van der Waals surface area contributed by atoms with Crippen LogP contribution in [0.4, 0.5) is 17.6 Å². The van der Waals surface area contributed by atoms with E-state index in [2.05, 4.69) is 46.1 Å². The highest BCUT2D eigenvalue weighted by Crippen LogP contribution is 2.37. The molecule has 5 aromatic rings. The Labute approximate surface area is 426 Å². The van der Waals surface area contributed by atoms with E-state index in [0.29, 0.717) is 78.0 Å². The molecule has 0 spiro atoms. The number of nitriles is 1. The number of likely N-dealkylation sites (tertiary alicyclic amines) is 2. The van der Waals surface area contributed by atoms with E-state index in [1.165, 1.54) is 25.7 Å². The second-order valence-corrected chi connectivity index (χ2v) is 20.1. The Balaban J connectivity index is 0.000000197. The molecule has 0 amide bonds. The van der Waals surface area contributed by atoms with Crippen LogP contribution in [0.15, 0.2) is 48.8 Å². The third kappa shape index (κ3) is 12.4. The largest absolute Gasteiger partial charge is 0.395 e. The van der Waals surface area contributed by atoms with Crippen molar-refractivity contribution in [3.8, 4) is 6.07 Å². The molecule has 4 aliphatic rings. The van der Waals surface area contributed by atoms with E-state index in [9.17, 15) is 15.5 Å². The van der Waals surface area contributed by atoms with Crippen LogP contribution >= 0.6 is 46.4 Å². The molecule has 4 fully saturated rings. The zero-order valence-corrected chi connectivity index (χ0v) is 43.2. The topological polar surface area (TPSA) is 182 Å². The molecule has 4 atom stereocenters. The molecule has 7 heterocycles. The second kappa shape index (κ2) is 24.2. The summed E-state index contributed by atoms with van der Waals surface area (Å²) in [6.45, 7) is 19.8. The van der Waals surface area contributed by atoms with Crippen molar-refractivity contribution in [1.82, 2.24) is 39.5 Å². The summed E-state index contributed by atoms with van der Waals surface area (Å²) in [6.07, 6.45) is 8.35. The van der Waals surface area contributed by atoms with Crippen LogP contribution in [0.3, 0.4) is 0 Å². The molecule has 69 heavy (non-hydrogen) atoms. The number of rotatable bonds is 14. The van der Waals surface area contributed by atoms with Gasteiger partial charge in [-0.15, -0.1) is 0 Å². The summed E-state index contributed by atoms with van der Waals surface area (Å²) in [7, 11) is 0. The summed E-state index contributed by atoms with van der Waals surface area (Å²) in [6, 6.07) is 12.6. The maximum atomic E-state index is 9.60. The van der Waals surface area contributed by atoms with Crippen molar-refractivity contribution in [2.24, 2.45) is 23.7 Å². The van der Waals surface area contributed by atoms with E-state index < -0.39 is 0 Å². The number of β-amino-alcohol motifs (C(OH)–C–C–N with tert-alkyl or cyclic N) is 2. The minimum Gasteiger partial charge on any atom is -0.395 e. The Morgan fingerprint density at radius 1 is 0.783 bits per heavy atom. The van der Waals surface area contributed by atoms with Gasteiger partial charge in [0.25, 0.3) is 0 Å². The van der Waals surface area contributed by atoms with Crippen molar-refractivity contribution < 1.29 is 10.2 Å². The minimum atomic E-state index is -0.247. The second-order valence-electron chi connectivity index (χ2n) is 18.4. The normalized spacial score (nSPS) is 19.9. The van der Waals surface area contributed by atoms with Crippen molar-refractivity contribution in [2.75, 3.05) is 93.8 Å². The third-order valence-electron chi connectivity index (χ3n) is 13.9. The Morgan fingerprint density at radius 3 is 1.88 bits per heavy atom. The molecule has 4 N–H and O–H groups in total. The monoisotopic (exact) mass is 1020 g/mol. The minimum absolute atomic E-state index is 0.112. The lowest BCUT2D eigenvalue weighted by Gasteiger charge is -2.47. The van der Waals surface area contributed by atoms with Gasteiger partial charge in [0.2, 0.25) is 5.95 Å². The zero-order valence-electron chi connectivity index (χ0n) is 40.2. The Bertz CT molecular complexity index is 2580. The molecule has 0 aliphatic carbocycles. The van der Waals surface area contributed by atoms with Crippen LogP contribution in [0.2, 0.25) is 20.1 Å². The predicted molar refractivity (Wildman–Crippen MR) is 279 cm³/mol. The standard InChI is InChI=1S/C24H27Cl2N7O.C24H32Cl2N6O.C2H6/c1-15(19-5-4-18(25)9-20(19)26)33-24-23(21(10-27)30-33)28-11-22(29-24)32-13-17(14-32)16-3-2-6-31(12-16)7-8-34;1-15(27)21-11-28-24(30-23(21)29-16(2)20-6-5-19(25)10-22(20)26)32-13-18(14-32)17-4-3-7-31(12-17)8-9-33;1-2/h4-5,9,11,15-17,34H,2-3,6-8,12-14H2,1H3;5-6,10-11,16-18,27,33H,3-4,7-9,12-14H2,1-2H3,(H,28,29,30);1-2H3. The smallest absolute Gasteiger partial charge is 0.227 e. The summed E-state index contributed by atoms with van der Waals surface area (Å²) in [5, 5.41) is 46.5. The Morgan fingerprint density at radius 2 is 1.35 bits per heavy atom. The number of nitrogens with zero attached hydrogens (tertiary/aromatic N) is 11. The number of piperidine rings is 2. The van der Waals surface area contributed by atoms with Crippen LogP contribution in [0, 0.1) is 40.4 Å². The summed E-state index contributed by atoms with van der Waals surface area (Å²) in [5.74, 6) is 4.68. The van der Waals surface area contributed by atoms with Crippen molar-refractivity contribution in [1.29, 1.82) is 10.7 Å². The van der Waals surface area contributed by atoms with Crippen LogP contribution in [-0.4, -0.2) is 134 Å². The van der Waals surface area contributed by atoms with E-state index in [1.54, 1.807) is 42.2 Å². The van der Waals surface area contributed by atoms with Gasteiger partial charge in [-0.25, -0.2) is 19.6 Å². The first-order valence-electron chi connectivity index (χ1n) is 24.2. The number of aromatic nitrogens is 6. The number of aliphatic hydroxyl groups is 2. The average Bonchev–Trinajstić information content (AvgIpc) is 3.67. The van der Waals surface area contributed by atoms with Crippen molar-refractivity contribution >= 4 is 80.9 Å². The van der Waals surface area contributed by atoms with Gasteiger partial charge in [0.15, 0.2) is 11.3 Å². The van der Waals surface area contributed by atoms with E-state index >= 15 is 0 Å². The van der Waals surface area contributed by atoms with Gasteiger partial charge in [0, 0.05) is 84.4 Å². The van der Waals surface area contributed by atoms with E-state index in [-0.39, 0.29) is 31.0 Å².